The van der Waals surface area contributed by atoms with E-state index in [2.05, 4.69) is 4.72 Å². The van der Waals surface area contributed by atoms with E-state index < -0.39 is 14.8 Å². The Hall–Kier alpha value is -1.23. The summed E-state index contributed by atoms with van der Waals surface area (Å²) in [4.78, 5) is 0. The predicted molar refractivity (Wildman–Crippen MR) is 60.4 cm³/mol. The first-order valence-corrected chi connectivity index (χ1v) is 6.02. The summed E-state index contributed by atoms with van der Waals surface area (Å²) in [6.07, 6.45) is 0. The minimum absolute atomic E-state index is 0.0316. The van der Waals surface area contributed by atoms with Gasteiger partial charge in [0, 0.05) is 6.07 Å². The average molecular weight is 229 g/mol. The number of aromatic hydroxyl groups is 1. The number of anilines is 1. The smallest absolute Gasteiger partial charge is 0.237 e. The molecular formula is C10H15NO3S. The number of nitrogens with one attached hydrogen (secondary N) is 1. The first kappa shape index (κ1) is 11.8. The molecule has 0 aliphatic carbocycles. The van der Waals surface area contributed by atoms with Gasteiger partial charge in [0.25, 0.3) is 0 Å². The Morgan fingerprint density at radius 3 is 2.33 bits per heavy atom. The quantitative estimate of drug-likeness (QED) is 0.814. The van der Waals surface area contributed by atoms with Gasteiger partial charge in [-0.1, -0.05) is 6.07 Å². The van der Waals surface area contributed by atoms with E-state index in [0.29, 0.717) is 5.69 Å². The Kier molecular flexibility index (Phi) is 2.95. The summed E-state index contributed by atoms with van der Waals surface area (Å²) in [5, 5.41) is 9.18. The Morgan fingerprint density at radius 1 is 1.27 bits per heavy atom. The van der Waals surface area contributed by atoms with Crippen molar-refractivity contribution in [2.75, 3.05) is 4.72 Å². The topological polar surface area (TPSA) is 66.4 Å². The Balaban J connectivity index is 2.98. The van der Waals surface area contributed by atoms with Crippen molar-refractivity contribution < 1.29 is 13.5 Å². The van der Waals surface area contributed by atoms with E-state index in [1.165, 1.54) is 12.1 Å². The fourth-order valence-corrected chi connectivity index (χ4v) is 1.62. The number of sulfonamides is 1. The number of phenolic OH excluding ortho intramolecular Hbond substituents is 1. The van der Waals surface area contributed by atoms with Crippen LogP contribution in [0.1, 0.15) is 20.8 Å². The highest BCUT2D eigenvalue weighted by Crippen LogP contribution is 2.21. The molecule has 2 N–H and O–H groups in total. The van der Waals surface area contributed by atoms with E-state index in [1.54, 1.807) is 32.9 Å². The number of phenols is 1. The van der Waals surface area contributed by atoms with Crippen LogP contribution in [0.25, 0.3) is 0 Å². The van der Waals surface area contributed by atoms with Crippen molar-refractivity contribution in [1.29, 1.82) is 0 Å². The Morgan fingerprint density at radius 2 is 1.87 bits per heavy atom. The molecule has 1 aromatic carbocycles. The van der Waals surface area contributed by atoms with Gasteiger partial charge in [-0.2, -0.15) is 0 Å². The van der Waals surface area contributed by atoms with Gasteiger partial charge in [-0.3, -0.25) is 4.72 Å². The summed E-state index contributed by atoms with van der Waals surface area (Å²) in [6.45, 7) is 4.83. The summed E-state index contributed by atoms with van der Waals surface area (Å²) in [5.74, 6) is 0.0316. The summed E-state index contributed by atoms with van der Waals surface area (Å²) < 4.78 is 25.0. The number of hydrogen-bond donors (Lipinski definition) is 2. The summed E-state index contributed by atoms with van der Waals surface area (Å²) in [7, 11) is -3.43. The molecular weight excluding hydrogens is 214 g/mol. The molecule has 84 valence electrons. The maximum absolute atomic E-state index is 11.7. The third-order valence-corrected chi connectivity index (χ3v) is 4.02. The molecule has 5 heteroatoms. The van der Waals surface area contributed by atoms with E-state index in [1.807, 2.05) is 0 Å². The predicted octanol–water partition coefficient (Wildman–Crippen LogP) is 1.93. The fourth-order valence-electron chi connectivity index (χ4n) is 0.878. The molecule has 1 rings (SSSR count). The largest absolute Gasteiger partial charge is 0.508 e. The van der Waals surface area contributed by atoms with Crippen molar-refractivity contribution in [1.82, 2.24) is 0 Å². The van der Waals surface area contributed by atoms with E-state index in [4.69, 9.17) is 0 Å². The number of benzene rings is 1. The normalized spacial score (nSPS) is 12.5. The van der Waals surface area contributed by atoms with Gasteiger partial charge >= 0.3 is 0 Å². The van der Waals surface area contributed by atoms with E-state index >= 15 is 0 Å². The minimum atomic E-state index is -3.43. The molecule has 0 saturated heterocycles. The second-order valence-electron chi connectivity index (χ2n) is 4.27. The van der Waals surface area contributed by atoms with Crippen molar-refractivity contribution in [3.05, 3.63) is 24.3 Å². The third-order valence-electron chi connectivity index (χ3n) is 1.90. The summed E-state index contributed by atoms with van der Waals surface area (Å²) >= 11 is 0. The van der Waals surface area contributed by atoms with Gasteiger partial charge in [-0.05, 0) is 32.9 Å². The van der Waals surface area contributed by atoms with Crippen LogP contribution in [0.3, 0.4) is 0 Å². The van der Waals surface area contributed by atoms with Gasteiger partial charge in [0.2, 0.25) is 10.0 Å². The molecule has 0 saturated carbocycles. The number of hydrogen-bond acceptors (Lipinski definition) is 3. The molecule has 4 nitrogen and oxygen atoms in total. The average Bonchev–Trinajstić information content (AvgIpc) is 2.00. The molecule has 1 aromatic rings. The molecule has 0 bridgehead atoms. The van der Waals surface area contributed by atoms with E-state index in [0.717, 1.165) is 0 Å². The highest BCUT2D eigenvalue weighted by Gasteiger charge is 2.28. The molecule has 15 heavy (non-hydrogen) atoms. The monoisotopic (exact) mass is 229 g/mol. The van der Waals surface area contributed by atoms with Gasteiger partial charge in [0.05, 0.1) is 10.4 Å². The van der Waals surface area contributed by atoms with Crippen LogP contribution in [0.4, 0.5) is 5.69 Å². The molecule has 0 aliphatic heterocycles. The second kappa shape index (κ2) is 3.73. The maximum atomic E-state index is 11.7. The maximum Gasteiger partial charge on any atom is 0.237 e. The molecule has 0 atom stereocenters. The van der Waals surface area contributed by atoms with Crippen LogP contribution in [-0.2, 0) is 10.0 Å². The summed E-state index contributed by atoms with van der Waals surface area (Å²) in [5.41, 5.74) is 0.366. The molecule has 0 fully saturated rings. The van der Waals surface area contributed by atoms with Crippen LogP contribution < -0.4 is 4.72 Å². The molecule has 0 radical (unpaired) electrons. The van der Waals surface area contributed by atoms with Crippen LogP contribution in [0.5, 0.6) is 5.75 Å². The van der Waals surface area contributed by atoms with Gasteiger partial charge in [0.1, 0.15) is 5.75 Å². The standard InChI is InChI=1S/C10H15NO3S/c1-10(2,3)15(13,14)11-8-5-4-6-9(12)7-8/h4-7,11-12H,1-3H3. The lowest BCUT2D eigenvalue weighted by Crippen LogP contribution is -2.33. The van der Waals surface area contributed by atoms with Gasteiger partial charge in [0.15, 0.2) is 0 Å². The first-order valence-electron chi connectivity index (χ1n) is 4.54. The Labute approximate surface area is 90.0 Å². The number of rotatable bonds is 2. The lowest BCUT2D eigenvalue weighted by atomic mass is 10.3. The first-order chi connectivity index (χ1) is 6.72. The van der Waals surface area contributed by atoms with Crippen molar-refractivity contribution >= 4 is 15.7 Å². The lowest BCUT2D eigenvalue weighted by molar-refractivity contribution is 0.475. The highest BCUT2D eigenvalue weighted by atomic mass is 32.2. The molecule has 0 unspecified atom stereocenters. The van der Waals surface area contributed by atoms with Crippen LogP contribution in [0, 0.1) is 0 Å². The van der Waals surface area contributed by atoms with Crippen molar-refractivity contribution in [2.45, 2.75) is 25.5 Å². The van der Waals surface area contributed by atoms with Gasteiger partial charge < -0.3 is 5.11 Å². The van der Waals surface area contributed by atoms with Crippen LogP contribution in [0.15, 0.2) is 24.3 Å². The van der Waals surface area contributed by atoms with Crippen molar-refractivity contribution in [2.24, 2.45) is 0 Å². The molecule has 0 aromatic heterocycles. The molecule has 0 spiro atoms. The minimum Gasteiger partial charge on any atom is -0.508 e. The zero-order chi connectivity index (χ0) is 11.7. The third kappa shape index (κ3) is 2.86. The van der Waals surface area contributed by atoms with Crippen LogP contribution >= 0.6 is 0 Å². The van der Waals surface area contributed by atoms with Gasteiger partial charge in [-0.15, -0.1) is 0 Å². The van der Waals surface area contributed by atoms with E-state index in [9.17, 15) is 13.5 Å². The fraction of sp³-hybridized carbons (Fsp3) is 0.400. The van der Waals surface area contributed by atoms with Crippen molar-refractivity contribution in [3.8, 4) is 5.75 Å². The zero-order valence-electron chi connectivity index (χ0n) is 8.98. The molecule has 0 amide bonds. The second-order valence-corrected chi connectivity index (χ2v) is 6.70. The highest BCUT2D eigenvalue weighted by molar-refractivity contribution is 7.94. The zero-order valence-corrected chi connectivity index (χ0v) is 9.80. The SMILES string of the molecule is CC(C)(C)S(=O)(=O)Nc1cccc(O)c1. The van der Waals surface area contributed by atoms with Crippen molar-refractivity contribution in [3.63, 3.8) is 0 Å². The Bertz CT molecular complexity index is 446. The lowest BCUT2D eigenvalue weighted by Gasteiger charge is -2.20. The van der Waals surface area contributed by atoms with E-state index in [-0.39, 0.29) is 5.75 Å². The molecule has 0 heterocycles. The van der Waals surface area contributed by atoms with Gasteiger partial charge in [-0.25, -0.2) is 8.42 Å². The molecule has 0 aliphatic rings. The summed E-state index contributed by atoms with van der Waals surface area (Å²) in [6, 6.07) is 6.01. The van der Waals surface area contributed by atoms with Crippen LogP contribution in [0.2, 0.25) is 0 Å². The van der Waals surface area contributed by atoms with Crippen LogP contribution in [-0.4, -0.2) is 18.3 Å².